The minimum atomic E-state index is 0.0893. The summed E-state index contributed by atoms with van der Waals surface area (Å²) in [5.41, 5.74) is 4.73. The van der Waals surface area contributed by atoms with Gasteiger partial charge in [-0.25, -0.2) is 0 Å². The first-order valence-electron chi connectivity index (χ1n) is 8.72. The van der Waals surface area contributed by atoms with Crippen LogP contribution in [0.2, 0.25) is 0 Å². The molecule has 0 aliphatic carbocycles. The van der Waals surface area contributed by atoms with Gasteiger partial charge in [0.25, 0.3) is 0 Å². The molecule has 5 heteroatoms. The van der Waals surface area contributed by atoms with Crippen LogP contribution in [0.1, 0.15) is 28.4 Å². The van der Waals surface area contributed by atoms with E-state index in [9.17, 15) is 0 Å². The van der Waals surface area contributed by atoms with Crippen molar-refractivity contribution in [1.29, 1.82) is 0 Å². The minimum absolute atomic E-state index is 0.0893. The molecule has 1 N–H and O–H groups in total. The second kappa shape index (κ2) is 7.85. The number of fused-ring (bicyclic) bond motifs is 1. The Hall–Kier alpha value is -2.11. The number of nitrogens with one attached hydrogen (secondary N) is 1. The molecule has 0 saturated carbocycles. The zero-order chi connectivity index (χ0) is 17.8. The maximum atomic E-state index is 5.99. The van der Waals surface area contributed by atoms with Crippen LogP contribution < -0.4 is 14.8 Å². The molecular weight excluding hydrogens is 314 g/mol. The Bertz CT molecular complexity index is 714. The fourth-order valence-corrected chi connectivity index (χ4v) is 3.09. The summed E-state index contributed by atoms with van der Waals surface area (Å²) in [7, 11) is 5.77. The molecule has 3 rings (SSSR count). The molecule has 25 heavy (non-hydrogen) atoms. The molecule has 2 aromatic rings. The molecule has 134 valence electrons. The van der Waals surface area contributed by atoms with Crippen LogP contribution >= 0.6 is 0 Å². The Labute approximate surface area is 150 Å². The SMILES string of the molecule is COc1cc2c(cc1OCCN(C)C)C(c1ccc(C)cn1)NCC2. The Morgan fingerprint density at radius 3 is 2.76 bits per heavy atom. The van der Waals surface area contributed by atoms with Gasteiger partial charge < -0.3 is 19.7 Å². The molecule has 1 unspecified atom stereocenters. The highest BCUT2D eigenvalue weighted by molar-refractivity contribution is 5.51. The van der Waals surface area contributed by atoms with Gasteiger partial charge in [0.2, 0.25) is 0 Å². The molecule has 0 amide bonds. The zero-order valence-electron chi connectivity index (χ0n) is 15.5. The predicted octanol–water partition coefficient (Wildman–Crippen LogP) is 2.57. The molecule has 0 spiro atoms. The normalized spacial score (nSPS) is 16.6. The number of ether oxygens (including phenoxy) is 2. The van der Waals surface area contributed by atoms with E-state index in [2.05, 4.69) is 46.4 Å². The summed E-state index contributed by atoms with van der Waals surface area (Å²) in [6.07, 6.45) is 2.90. The van der Waals surface area contributed by atoms with Crippen molar-refractivity contribution >= 4 is 0 Å². The number of methoxy groups -OCH3 is 1. The molecule has 1 aliphatic heterocycles. The van der Waals surface area contributed by atoms with E-state index in [4.69, 9.17) is 9.47 Å². The van der Waals surface area contributed by atoms with Crippen molar-refractivity contribution in [3.8, 4) is 11.5 Å². The van der Waals surface area contributed by atoms with Gasteiger partial charge in [0, 0.05) is 19.3 Å². The summed E-state index contributed by atoms with van der Waals surface area (Å²) in [4.78, 5) is 6.72. The third-order valence-electron chi connectivity index (χ3n) is 4.51. The van der Waals surface area contributed by atoms with Crippen LogP contribution in [0.25, 0.3) is 0 Å². The maximum absolute atomic E-state index is 5.99. The third-order valence-corrected chi connectivity index (χ3v) is 4.51. The van der Waals surface area contributed by atoms with Crippen LogP contribution in [0.3, 0.4) is 0 Å². The van der Waals surface area contributed by atoms with Crippen LogP contribution in [0.5, 0.6) is 11.5 Å². The van der Waals surface area contributed by atoms with Gasteiger partial charge in [-0.1, -0.05) is 6.07 Å². The maximum Gasteiger partial charge on any atom is 0.161 e. The zero-order valence-corrected chi connectivity index (χ0v) is 15.5. The molecule has 1 aliphatic rings. The number of hydrogen-bond donors (Lipinski definition) is 1. The fourth-order valence-electron chi connectivity index (χ4n) is 3.09. The Balaban J connectivity index is 1.92. The van der Waals surface area contributed by atoms with Crippen LogP contribution in [-0.2, 0) is 6.42 Å². The van der Waals surface area contributed by atoms with Gasteiger partial charge in [-0.15, -0.1) is 0 Å². The van der Waals surface area contributed by atoms with E-state index in [1.165, 1.54) is 16.7 Å². The lowest BCUT2D eigenvalue weighted by atomic mass is 9.91. The van der Waals surface area contributed by atoms with Crippen molar-refractivity contribution in [2.24, 2.45) is 0 Å². The summed E-state index contributed by atoms with van der Waals surface area (Å²) in [6.45, 7) is 4.47. The average molecular weight is 341 g/mol. The van der Waals surface area contributed by atoms with Crippen molar-refractivity contribution in [1.82, 2.24) is 15.2 Å². The van der Waals surface area contributed by atoms with Crippen LogP contribution in [0, 0.1) is 6.92 Å². The lowest BCUT2D eigenvalue weighted by Gasteiger charge is -2.28. The van der Waals surface area contributed by atoms with Gasteiger partial charge >= 0.3 is 0 Å². The summed E-state index contributed by atoms with van der Waals surface area (Å²) in [6, 6.07) is 8.52. The van der Waals surface area contributed by atoms with E-state index >= 15 is 0 Å². The summed E-state index contributed by atoms with van der Waals surface area (Å²) in [5, 5.41) is 3.58. The number of nitrogens with zero attached hydrogens (tertiary/aromatic N) is 2. The van der Waals surface area contributed by atoms with Crippen LogP contribution in [-0.4, -0.2) is 50.8 Å². The average Bonchev–Trinajstić information content (AvgIpc) is 2.61. The number of aryl methyl sites for hydroxylation is 1. The number of aromatic nitrogens is 1. The van der Waals surface area contributed by atoms with Crippen molar-refractivity contribution in [3.05, 3.63) is 52.8 Å². The topological polar surface area (TPSA) is 46.6 Å². The van der Waals surface area contributed by atoms with Gasteiger partial charge in [0.05, 0.1) is 18.8 Å². The van der Waals surface area contributed by atoms with Crippen LogP contribution in [0.4, 0.5) is 0 Å². The van der Waals surface area contributed by atoms with E-state index in [1.54, 1.807) is 7.11 Å². The van der Waals surface area contributed by atoms with Gasteiger partial charge in [0.15, 0.2) is 11.5 Å². The minimum Gasteiger partial charge on any atom is -0.493 e. The summed E-state index contributed by atoms with van der Waals surface area (Å²) in [5.74, 6) is 1.60. The standard InChI is InChI=1S/C20H27N3O2/c1-14-5-6-17(22-13-14)20-16-12-19(25-10-9-23(2)3)18(24-4)11-15(16)7-8-21-20/h5-6,11-13,20-21H,7-10H2,1-4H3. The number of pyridine rings is 1. The molecule has 1 aromatic carbocycles. The first kappa shape index (κ1) is 17.7. The van der Waals surface area contributed by atoms with Gasteiger partial charge in [0.1, 0.15) is 6.61 Å². The summed E-state index contributed by atoms with van der Waals surface area (Å²) < 4.78 is 11.5. The number of hydrogen-bond acceptors (Lipinski definition) is 5. The van der Waals surface area contributed by atoms with Gasteiger partial charge in [-0.2, -0.15) is 0 Å². The highest BCUT2D eigenvalue weighted by Gasteiger charge is 2.24. The molecule has 0 bridgehead atoms. The highest BCUT2D eigenvalue weighted by atomic mass is 16.5. The van der Waals surface area contributed by atoms with Crippen molar-refractivity contribution < 1.29 is 9.47 Å². The van der Waals surface area contributed by atoms with Crippen molar-refractivity contribution in [2.45, 2.75) is 19.4 Å². The van der Waals surface area contributed by atoms with E-state index < -0.39 is 0 Å². The molecule has 1 aromatic heterocycles. The largest absolute Gasteiger partial charge is 0.493 e. The molecule has 5 nitrogen and oxygen atoms in total. The van der Waals surface area contributed by atoms with Crippen molar-refractivity contribution in [3.63, 3.8) is 0 Å². The predicted molar refractivity (Wildman–Crippen MR) is 99.6 cm³/mol. The Morgan fingerprint density at radius 1 is 1.24 bits per heavy atom. The molecule has 0 fully saturated rings. The smallest absolute Gasteiger partial charge is 0.161 e. The van der Waals surface area contributed by atoms with Crippen molar-refractivity contribution in [2.75, 3.05) is 40.9 Å². The van der Waals surface area contributed by atoms with E-state index in [0.29, 0.717) is 6.61 Å². The quantitative estimate of drug-likeness (QED) is 0.875. The number of benzene rings is 1. The van der Waals surface area contributed by atoms with E-state index in [1.807, 2.05) is 20.3 Å². The third kappa shape index (κ3) is 4.11. The first-order chi connectivity index (χ1) is 12.1. The highest BCUT2D eigenvalue weighted by Crippen LogP contribution is 2.37. The Kier molecular flexibility index (Phi) is 5.56. The molecule has 0 saturated heterocycles. The molecule has 0 radical (unpaired) electrons. The number of rotatable bonds is 6. The molecular formula is C20H27N3O2. The monoisotopic (exact) mass is 341 g/mol. The number of likely N-dealkylation sites (N-methyl/N-ethyl adjacent to an activating group) is 1. The van der Waals surface area contributed by atoms with Crippen LogP contribution in [0.15, 0.2) is 30.5 Å². The van der Waals surface area contributed by atoms with Gasteiger partial charge in [-0.05, 0) is 62.3 Å². The first-order valence-corrected chi connectivity index (χ1v) is 8.72. The lowest BCUT2D eigenvalue weighted by molar-refractivity contribution is 0.250. The second-order valence-electron chi connectivity index (χ2n) is 6.75. The Morgan fingerprint density at radius 2 is 2.08 bits per heavy atom. The van der Waals surface area contributed by atoms with E-state index in [-0.39, 0.29) is 6.04 Å². The summed E-state index contributed by atoms with van der Waals surface area (Å²) >= 11 is 0. The molecule has 1 atom stereocenters. The second-order valence-corrected chi connectivity index (χ2v) is 6.75. The van der Waals surface area contributed by atoms with E-state index in [0.717, 1.165) is 36.7 Å². The molecule has 2 heterocycles. The lowest BCUT2D eigenvalue weighted by Crippen LogP contribution is -2.31. The van der Waals surface area contributed by atoms with Gasteiger partial charge in [-0.3, -0.25) is 4.98 Å². The fraction of sp³-hybridized carbons (Fsp3) is 0.450.